The monoisotopic (exact) mass is 653 g/mol. The molecule has 0 fully saturated rings. The van der Waals surface area contributed by atoms with Crippen molar-refractivity contribution in [3.05, 3.63) is 187 Å². The molecule has 0 saturated carbocycles. The Kier molecular flexibility index (Phi) is 6.56. The third-order valence-electron chi connectivity index (χ3n) is 10.9. The number of hydrogen-bond acceptors (Lipinski definition) is 2. The van der Waals surface area contributed by atoms with E-state index in [4.69, 9.17) is 4.42 Å². The molecule has 51 heavy (non-hydrogen) atoms. The molecule has 1 aromatic heterocycles. The first kappa shape index (κ1) is 29.5. The Morgan fingerprint density at radius 2 is 1.02 bits per heavy atom. The van der Waals surface area contributed by atoms with Gasteiger partial charge in [0.25, 0.3) is 0 Å². The van der Waals surface area contributed by atoms with E-state index < -0.39 is 0 Å². The number of anilines is 3. The molecule has 9 aromatic rings. The fourth-order valence-electron chi connectivity index (χ4n) is 8.49. The van der Waals surface area contributed by atoms with E-state index in [1.54, 1.807) is 0 Å². The predicted octanol–water partition coefficient (Wildman–Crippen LogP) is 13.8. The SMILES string of the molecule is CC1(C)c2ccccc2-c2cccc(-c3ccc(N(c4ccccc4)c4ccc(-c5cccc6oc7c8ccccc8ccc7c56)cc4)cc3)c21. The van der Waals surface area contributed by atoms with Crippen LogP contribution in [0.3, 0.4) is 0 Å². The molecular weight excluding hydrogens is 619 g/mol. The maximum atomic E-state index is 6.49. The van der Waals surface area contributed by atoms with Crippen molar-refractivity contribution in [2.45, 2.75) is 19.3 Å². The molecule has 1 aliphatic carbocycles. The molecule has 1 aliphatic rings. The van der Waals surface area contributed by atoms with E-state index >= 15 is 0 Å². The number of para-hydroxylation sites is 1. The highest BCUT2D eigenvalue weighted by Crippen LogP contribution is 2.52. The van der Waals surface area contributed by atoms with Gasteiger partial charge in [0, 0.05) is 38.6 Å². The first-order valence-corrected chi connectivity index (χ1v) is 17.7. The van der Waals surface area contributed by atoms with Crippen LogP contribution in [-0.4, -0.2) is 0 Å². The average Bonchev–Trinajstić information content (AvgIpc) is 3.69. The fraction of sp³-hybridized carbons (Fsp3) is 0.0612. The highest BCUT2D eigenvalue weighted by molar-refractivity contribution is 6.19. The van der Waals surface area contributed by atoms with Crippen molar-refractivity contribution < 1.29 is 4.42 Å². The minimum Gasteiger partial charge on any atom is -0.455 e. The van der Waals surface area contributed by atoms with Crippen LogP contribution in [0.2, 0.25) is 0 Å². The number of rotatable bonds is 5. The van der Waals surface area contributed by atoms with Crippen LogP contribution in [0.1, 0.15) is 25.0 Å². The first-order valence-electron chi connectivity index (χ1n) is 17.7. The molecule has 10 rings (SSSR count). The molecule has 1 heterocycles. The molecule has 0 aliphatic heterocycles. The van der Waals surface area contributed by atoms with Gasteiger partial charge in [-0.1, -0.05) is 141 Å². The molecule has 8 aromatic carbocycles. The van der Waals surface area contributed by atoms with Crippen LogP contribution in [0.4, 0.5) is 17.1 Å². The summed E-state index contributed by atoms with van der Waals surface area (Å²) in [6, 6.07) is 63.5. The molecule has 0 N–H and O–H groups in total. The van der Waals surface area contributed by atoms with Gasteiger partial charge in [0.2, 0.25) is 0 Å². The molecule has 0 amide bonds. The summed E-state index contributed by atoms with van der Waals surface area (Å²) in [6.45, 7) is 4.71. The smallest absolute Gasteiger partial charge is 0.143 e. The van der Waals surface area contributed by atoms with Crippen molar-refractivity contribution in [2.24, 2.45) is 0 Å². The summed E-state index contributed by atoms with van der Waals surface area (Å²) in [5.41, 5.74) is 15.5. The minimum absolute atomic E-state index is 0.0696. The van der Waals surface area contributed by atoms with Crippen LogP contribution in [0.15, 0.2) is 180 Å². The summed E-state index contributed by atoms with van der Waals surface area (Å²) < 4.78 is 6.49. The lowest BCUT2D eigenvalue weighted by atomic mass is 9.79. The van der Waals surface area contributed by atoms with Crippen LogP contribution in [0, 0.1) is 0 Å². The Bertz CT molecular complexity index is 2750. The summed E-state index contributed by atoms with van der Waals surface area (Å²) in [5, 5.41) is 4.62. The molecule has 0 saturated heterocycles. The summed E-state index contributed by atoms with van der Waals surface area (Å²) in [7, 11) is 0. The summed E-state index contributed by atoms with van der Waals surface area (Å²) >= 11 is 0. The minimum atomic E-state index is -0.0696. The lowest BCUT2D eigenvalue weighted by Gasteiger charge is -2.27. The van der Waals surface area contributed by atoms with Gasteiger partial charge in [-0.25, -0.2) is 0 Å². The Morgan fingerprint density at radius 3 is 1.80 bits per heavy atom. The van der Waals surface area contributed by atoms with Crippen LogP contribution in [0.25, 0.3) is 66.1 Å². The second kappa shape index (κ2) is 11.3. The van der Waals surface area contributed by atoms with E-state index in [2.05, 4.69) is 195 Å². The summed E-state index contributed by atoms with van der Waals surface area (Å²) in [5.74, 6) is 0. The first-order chi connectivity index (χ1) is 25.1. The van der Waals surface area contributed by atoms with Crippen LogP contribution in [0.5, 0.6) is 0 Å². The molecular formula is C49H35NO. The van der Waals surface area contributed by atoms with Crippen LogP contribution < -0.4 is 4.90 Å². The Morgan fingerprint density at radius 1 is 0.431 bits per heavy atom. The standard InChI is InChI=1S/C49H35NO/c1-49(2)44-20-9-8-16-41(44)42-19-10-18-39(47(42)49)34-24-29-37(30-25-34)50(35-13-4-3-5-14-35)36-27-22-33(23-28-36)38-17-11-21-45-46(38)43-31-26-32-12-6-7-15-40(32)48(43)51-45/h3-31H,1-2H3. The molecule has 0 spiro atoms. The van der Waals surface area contributed by atoms with E-state index in [0.29, 0.717) is 0 Å². The maximum absolute atomic E-state index is 6.49. The van der Waals surface area contributed by atoms with Gasteiger partial charge in [0.15, 0.2) is 0 Å². The molecule has 242 valence electrons. The predicted molar refractivity (Wildman–Crippen MR) is 214 cm³/mol. The summed E-state index contributed by atoms with van der Waals surface area (Å²) in [6.07, 6.45) is 0. The van der Waals surface area contributed by atoms with Crippen molar-refractivity contribution in [3.63, 3.8) is 0 Å². The molecule has 0 atom stereocenters. The zero-order chi connectivity index (χ0) is 34.1. The lowest BCUT2D eigenvalue weighted by Crippen LogP contribution is -2.16. The zero-order valence-corrected chi connectivity index (χ0v) is 28.6. The van der Waals surface area contributed by atoms with Crippen molar-refractivity contribution in [2.75, 3.05) is 4.90 Å². The van der Waals surface area contributed by atoms with Gasteiger partial charge in [-0.2, -0.15) is 0 Å². The molecule has 0 bridgehead atoms. The highest BCUT2D eigenvalue weighted by Gasteiger charge is 2.37. The van der Waals surface area contributed by atoms with E-state index in [-0.39, 0.29) is 5.41 Å². The molecule has 0 radical (unpaired) electrons. The van der Waals surface area contributed by atoms with Gasteiger partial charge in [-0.05, 0) is 98.4 Å². The quantitative estimate of drug-likeness (QED) is 0.184. The van der Waals surface area contributed by atoms with Crippen molar-refractivity contribution >= 4 is 49.8 Å². The molecule has 2 nitrogen and oxygen atoms in total. The van der Waals surface area contributed by atoms with Crippen LogP contribution in [-0.2, 0) is 5.41 Å². The van der Waals surface area contributed by atoms with E-state index in [9.17, 15) is 0 Å². The zero-order valence-electron chi connectivity index (χ0n) is 28.6. The van der Waals surface area contributed by atoms with Crippen molar-refractivity contribution in [1.29, 1.82) is 0 Å². The van der Waals surface area contributed by atoms with Crippen molar-refractivity contribution in [1.82, 2.24) is 0 Å². The number of benzene rings is 8. The second-order valence-corrected chi connectivity index (χ2v) is 14.1. The Balaban J connectivity index is 1.04. The normalized spacial score (nSPS) is 13.1. The highest BCUT2D eigenvalue weighted by atomic mass is 16.3. The third-order valence-corrected chi connectivity index (χ3v) is 10.9. The topological polar surface area (TPSA) is 16.4 Å². The number of furan rings is 1. The van der Waals surface area contributed by atoms with Gasteiger partial charge >= 0.3 is 0 Å². The van der Waals surface area contributed by atoms with Crippen LogP contribution >= 0.6 is 0 Å². The van der Waals surface area contributed by atoms with Gasteiger partial charge in [0.1, 0.15) is 11.2 Å². The second-order valence-electron chi connectivity index (χ2n) is 14.1. The maximum Gasteiger partial charge on any atom is 0.143 e. The van der Waals surface area contributed by atoms with Gasteiger partial charge in [-0.15, -0.1) is 0 Å². The number of fused-ring (bicyclic) bond motifs is 8. The largest absolute Gasteiger partial charge is 0.455 e. The third kappa shape index (κ3) is 4.57. The Labute approximate surface area is 297 Å². The van der Waals surface area contributed by atoms with E-state index in [1.165, 1.54) is 44.3 Å². The summed E-state index contributed by atoms with van der Waals surface area (Å²) in [4.78, 5) is 2.34. The Hall–Kier alpha value is -6.38. The van der Waals surface area contributed by atoms with Gasteiger partial charge in [0.05, 0.1) is 0 Å². The number of hydrogen-bond donors (Lipinski definition) is 0. The lowest BCUT2D eigenvalue weighted by molar-refractivity contribution is 0.662. The van der Waals surface area contributed by atoms with Crippen molar-refractivity contribution in [3.8, 4) is 33.4 Å². The average molecular weight is 654 g/mol. The van der Waals surface area contributed by atoms with Gasteiger partial charge < -0.3 is 9.32 Å². The number of nitrogens with zero attached hydrogens (tertiary/aromatic N) is 1. The van der Waals surface area contributed by atoms with E-state index in [1.807, 2.05) is 0 Å². The fourth-order valence-corrected chi connectivity index (χ4v) is 8.49. The van der Waals surface area contributed by atoms with Gasteiger partial charge in [-0.3, -0.25) is 0 Å². The molecule has 0 unspecified atom stereocenters. The van der Waals surface area contributed by atoms with E-state index in [0.717, 1.165) is 50.0 Å². The molecule has 2 heteroatoms.